The minimum absolute atomic E-state index is 0.000843. The van der Waals surface area contributed by atoms with Crippen LogP contribution < -0.4 is 15.9 Å². The third-order valence-corrected chi connectivity index (χ3v) is 3.58. The number of hydrogen-bond donors (Lipinski definition) is 2. The fourth-order valence-corrected chi connectivity index (χ4v) is 2.47. The van der Waals surface area contributed by atoms with Crippen molar-refractivity contribution in [3.8, 4) is 0 Å². The predicted octanol–water partition coefficient (Wildman–Crippen LogP) is 1.89. The van der Waals surface area contributed by atoms with E-state index in [1.165, 1.54) is 4.57 Å². The van der Waals surface area contributed by atoms with E-state index in [4.69, 9.17) is 5.73 Å². The average molecular weight is 328 g/mol. The maximum atomic E-state index is 11.8. The van der Waals surface area contributed by atoms with Gasteiger partial charge in [-0.1, -0.05) is 11.3 Å². The van der Waals surface area contributed by atoms with E-state index in [0.29, 0.717) is 15.8 Å². The number of halogens is 1. The highest BCUT2D eigenvalue weighted by Crippen LogP contribution is 2.24. The highest BCUT2D eigenvalue weighted by atomic mass is 79.9. The number of nitrogen functional groups attached to an aromatic ring is 1. The van der Waals surface area contributed by atoms with Crippen LogP contribution in [0.5, 0.6) is 0 Å². The molecule has 0 fully saturated rings. The van der Waals surface area contributed by atoms with Gasteiger partial charge in [-0.2, -0.15) is 0 Å². The molecule has 0 bridgehead atoms. The van der Waals surface area contributed by atoms with Crippen LogP contribution in [0.15, 0.2) is 39.0 Å². The number of thiazole rings is 1. The number of nitrogens with one attached hydrogen (secondary N) is 1. The van der Waals surface area contributed by atoms with Gasteiger partial charge >= 0.3 is 4.87 Å². The second-order valence-electron chi connectivity index (χ2n) is 3.58. The predicted molar refractivity (Wildman–Crippen MR) is 75.8 cm³/mol. The highest BCUT2D eigenvalue weighted by molar-refractivity contribution is 9.10. The lowest BCUT2D eigenvalue weighted by molar-refractivity contribution is -0.116. The molecule has 3 N–H and O–H groups in total. The summed E-state index contributed by atoms with van der Waals surface area (Å²) in [7, 11) is 0. The van der Waals surface area contributed by atoms with Gasteiger partial charge in [-0.25, -0.2) is 0 Å². The number of nitrogens with zero attached hydrogens (tertiary/aromatic N) is 1. The van der Waals surface area contributed by atoms with Crippen LogP contribution in [0.1, 0.15) is 0 Å². The number of hydrogen-bond acceptors (Lipinski definition) is 4. The monoisotopic (exact) mass is 327 g/mol. The van der Waals surface area contributed by atoms with Crippen LogP contribution >= 0.6 is 27.3 Å². The first-order chi connectivity index (χ1) is 8.56. The van der Waals surface area contributed by atoms with Gasteiger partial charge in [0, 0.05) is 21.7 Å². The van der Waals surface area contributed by atoms with E-state index in [9.17, 15) is 9.59 Å². The lowest BCUT2D eigenvalue weighted by Crippen LogP contribution is -2.23. The summed E-state index contributed by atoms with van der Waals surface area (Å²) >= 11 is 4.37. The van der Waals surface area contributed by atoms with Crippen molar-refractivity contribution in [3.63, 3.8) is 0 Å². The standard InChI is InChI=1S/C11H10BrN3O2S/c12-8-5-7(13)1-2-9(8)14-10(16)6-15-3-4-18-11(15)17/h1-5H,6,13H2,(H,14,16). The van der Waals surface area contributed by atoms with Crippen molar-refractivity contribution in [2.24, 2.45) is 0 Å². The Morgan fingerprint density at radius 1 is 1.50 bits per heavy atom. The maximum absolute atomic E-state index is 11.8. The SMILES string of the molecule is Nc1ccc(NC(=O)Cn2ccsc2=O)c(Br)c1. The zero-order valence-electron chi connectivity index (χ0n) is 9.22. The van der Waals surface area contributed by atoms with Crippen LogP contribution in [-0.4, -0.2) is 10.5 Å². The van der Waals surface area contributed by atoms with Crippen molar-refractivity contribution in [3.05, 3.63) is 43.9 Å². The molecular weight excluding hydrogens is 318 g/mol. The molecule has 94 valence electrons. The van der Waals surface area contributed by atoms with E-state index in [0.717, 1.165) is 11.3 Å². The third kappa shape index (κ3) is 2.99. The number of nitrogens with two attached hydrogens (primary N) is 1. The molecule has 0 unspecified atom stereocenters. The Hall–Kier alpha value is -1.60. The summed E-state index contributed by atoms with van der Waals surface area (Å²) in [6, 6.07) is 5.09. The fraction of sp³-hybridized carbons (Fsp3) is 0.0909. The summed E-state index contributed by atoms with van der Waals surface area (Å²) in [6.07, 6.45) is 1.59. The Morgan fingerprint density at radius 2 is 2.28 bits per heavy atom. The van der Waals surface area contributed by atoms with Crippen molar-refractivity contribution in [1.82, 2.24) is 4.57 Å². The van der Waals surface area contributed by atoms with Crippen LogP contribution in [-0.2, 0) is 11.3 Å². The van der Waals surface area contributed by atoms with Crippen LogP contribution in [0.2, 0.25) is 0 Å². The lowest BCUT2D eigenvalue weighted by Gasteiger charge is -2.08. The van der Waals surface area contributed by atoms with E-state index >= 15 is 0 Å². The molecule has 5 nitrogen and oxygen atoms in total. The smallest absolute Gasteiger partial charge is 0.307 e. The number of rotatable bonds is 3. The van der Waals surface area contributed by atoms with Gasteiger partial charge in [0.05, 0.1) is 5.69 Å². The summed E-state index contributed by atoms with van der Waals surface area (Å²) in [4.78, 5) is 22.9. The second kappa shape index (κ2) is 5.36. The van der Waals surface area contributed by atoms with Gasteiger partial charge in [-0.3, -0.25) is 14.2 Å². The van der Waals surface area contributed by atoms with E-state index in [-0.39, 0.29) is 17.3 Å². The Kier molecular flexibility index (Phi) is 3.83. The number of amides is 1. The quantitative estimate of drug-likeness (QED) is 0.845. The van der Waals surface area contributed by atoms with Crippen LogP contribution in [0.3, 0.4) is 0 Å². The first-order valence-electron chi connectivity index (χ1n) is 5.05. The van der Waals surface area contributed by atoms with Crippen molar-refractivity contribution in [1.29, 1.82) is 0 Å². The Labute approximate surface area is 115 Å². The summed E-state index contributed by atoms with van der Waals surface area (Å²) in [5, 5.41) is 4.35. The fourth-order valence-electron chi connectivity index (χ4n) is 1.39. The minimum atomic E-state index is -0.263. The van der Waals surface area contributed by atoms with Gasteiger partial charge in [0.2, 0.25) is 5.91 Å². The summed E-state index contributed by atoms with van der Waals surface area (Å²) in [6.45, 7) is -0.000843. The molecule has 0 aliphatic carbocycles. The number of benzene rings is 1. The van der Waals surface area contributed by atoms with Gasteiger partial charge in [-0.05, 0) is 34.1 Å². The van der Waals surface area contributed by atoms with Gasteiger partial charge in [0.15, 0.2) is 0 Å². The molecule has 0 aliphatic rings. The van der Waals surface area contributed by atoms with Crippen molar-refractivity contribution >= 4 is 44.5 Å². The molecule has 7 heteroatoms. The summed E-state index contributed by atoms with van der Waals surface area (Å²) in [5.41, 5.74) is 6.83. The molecule has 1 heterocycles. The van der Waals surface area contributed by atoms with Crippen LogP contribution in [0.25, 0.3) is 0 Å². The Morgan fingerprint density at radius 3 is 2.89 bits per heavy atom. The van der Waals surface area contributed by atoms with Gasteiger partial charge in [-0.15, -0.1) is 0 Å². The molecular formula is C11H10BrN3O2S. The first-order valence-corrected chi connectivity index (χ1v) is 6.72. The molecule has 2 aromatic rings. The third-order valence-electron chi connectivity index (χ3n) is 2.23. The summed E-state index contributed by atoms with van der Waals surface area (Å²) < 4.78 is 2.05. The molecule has 0 radical (unpaired) electrons. The topological polar surface area (TPSA) is 77.1 Å². The van der Waals surface area contributed by atoms with Crippen LogP contribution in [0, 0.1) is 0 Å². The largest absolute Gasteiger partial charge is 0.399 e. The molecule has 0 aliphatic heterocycles. The van der Waals surface area contributed by atoms with E-state index < -0.39 is 0 Å². The van der Waals surface area contributed by atoms with Crippen molar-refractivity contribution in [2.75, 3.05) is 11.1 Å². The molecule has 0 spiro atoms. The summed E-state index contributed by atoms with van der Waals surface area (Å²) in [5.74, 6) is -0.263. The number of carbonyl (C=O) groups is 1. The molecule has 1 aromatic heterocycles. The van der Waals surface area contributed by atoms with E-state index in [1.54, 1.807) is 29.8 Å². The highest BCUT2D eigenvalue weighted by Gasteiger charge is 2.07. The van der Waals surface area contributed by atoms with Crippen molar-refractivity contribution < 1.29 is 4.79 Å². The molecule has 0 atom stereocenters. The zero-order chi connectivity index (χ0) is 13.1. The minimum Gasteiger partial charge on any atom is -0.399 e. The Balaban J connectivity index is 2.08. The lowest BCUT2D eigenvalue weighted by atomic mass is 10.3. The maximum Gasteiger partial charge on any atom is 0.307 e. The molecule has 1 amide bonds. The molecule has 2 rings (SSSR count). The molecule has 1 aromatic carbocycles. The first kappa shape index (κ1) is 12.8. The van der Waals surface area contributed by atoms with Crippen LogP contribution in [0.4, 0.5) is 11.4 Å². The molecule has 0 saturated heterocycles. The molecule has 0 saturated carbocycles. The zero-order valence-corrected chi connectivity index (χ0v) is 11.6. The van der Waals surface area contributed by atoms with Crippen molar-refractivity contribution in [2.45, 2.75) is 6.54 Å². The van der Waals surface area contributed by atoms with E-state index in [2.05, 4.69) is 21.2 Å². The van der Waals surface area contributed by atoms with Gasteiger partial charge < -0.3 is 11.1 Å². The number of aromatic nitrogens is 1. The normalized spacial score (nSPS) is 10.3. The van der Waals surface area contributed by atoms with Gasteiger partial charge in [0.25, 0.3) is 0 Å². The van der Waals surface area contributed by atoms with Gasteiger partial charge in [0.1, 0.15) is 6.54 Å². The Bertz CT molecular complexity index is 635. The average Bonchev–Trinajstić information content (AvgIpc) is 2.69. The number of carbonyl (C=O) groups excluding carboxylic acids is 1. The number of anilines is 2. The second-order valence-corrected chi connectivity index (χ2v) is 5.30. The van der Waals surface area contributed by atoms with E-state index in [1.807, 2.05) is 0 Å². The molecule has 18 heavy (non-hydrogen) atoms.